The van der Waals surface area contributed by atoms with Crippen LogP contribution in [0.15, 0.2) is 61.2 Å². The number of nitrogens with one attached hydrogen (secondary N) is 1. The van der Waals surface area contributed by atoms with Crippen molar-refractivity contribution in [3.63, 3.8) is 0 Å². The molecular weight excluding hydrogens is 362 g/mol. The third-order valence-corrected chi connectivity index (χ3v) is 5.12. The van der Waals surface area contributed by atoms with Crippen molar-refractivity contribution in [3.8, 4) is 11.1 Å². The van der Waals surface area contributed by atoms with E-state index < -0.39 is 5.91 Å². The summed E-state index contributed by atoms with van der Waals surface area (Å²) in [6, 6.07) is 11.0. The minimum Gasteiger partial charge on any atom is -0.365 e. The van der Waals surface area contributed by atoms with Gasteiger partial charge in [0.15, 0.2) is 0 Å². The van der Waals surface area contributed by atoms with E-state index in [1.807, 2.05) is 24.3 Å². The molecule has 0 radical (unpaired) electrons. The third kappa shape index (κ3) is 3.56. The number of carbonyl (C=O) groups excluding carboxylic acids is 2. The smallest absolute Gasteiger partial charge is 0.258 e. The predicted molar refractivity (Wildman–Crippen MR) is 104 cm³/mol. The lowest BCUT2D eigenvalue weighted by atomic mass is 10.0. The van der Waals surface area contributed by atoms with E-state index >= 15 is 0 Å². The average Bonchev–Trinajstić information content (AvgIpc) is 3.31. The van der Waals surface area contributed by atoms with Crippen molar-refractivity contribution < 1.29 is 9.59 Å². The number of nitrogens with zero attached hydrogens (tertiary/aromatic N) is 3. The number of benzene rings is 1. The fourth-order valence-electron chi connectivity index (χ4n) is 2.79. The molecule has 0 atom stereocenters. The first-order chi connectivity index (χ1) is 13.1. The van der Waals surface area contributed by atoms with Gasteiger partial charge < -0.3 is 11.1 Å². The lowest BCUT2D eigenvalue weighted by Crippen LogP contribution is -2.18. The van der Waals surface area contributed by atoms with Crippen LogP contribution in [0.25, 0.3) is 21.2 Å². The van der Waals surface area contributed by atoms with Gasteiger partial charge in [0.1, 0.15) is 6.54 Å². The van der Waals surface area contributed by atoms with Crippen molar-refractivity contribution in [1.82, 2.24) is 14.8 Å². The van der Waals surface area contributed by atoms with Crippen molar-refractivity contribution in [2.24, 2.45) is 5.73 Å². The Morgan fingerprint density at radius 1 is 1.19 bits per heavy atom. The summed E-state index contributed by atoms with van der Waals surface area (Å²) in [5.41, 5.74) is 7.92. The van der Waals surface area contributed by atoms with E-state index in [1.165, 1.54) is 11.3 Å². The van der Waals surface area contributed by atoms with Crippen LogP contribution in [0.4, 0.5) is 5.69 Å². The molecule has 3 aromatic heterocycles. The first kappa shape index (κ1) is 16.9. The molecule has 0 aliphatic heterocycles. The van der Waals surface area contributed by atoms with Crippen LogP contribution in [0.5, 0.6) is 0 Å². The molecule has 0 saturated carbocycles. The molecule has 3 N–H and O–H groups in total. The quantitative estimate of drug-likeness (QED) is 0.558. The molecule has 0 aliphatic carbocycles. The fourth-order valence-corrected chi connectivity index (χ4v) is 3.69. The van der Waals surface area contributed by atoms with Crippen molar-refractivity contribution in [3.05, 3.63) is 66.1 Å². The summed E-state index contributed by atoms with van der Waals surface area (Å²) in [4.78, 5) is 28.3. The Morgan fingerprint density at radius 2 is 2.00 bits per heavy atom. The summed E-state index contributed by atoms with van der Waals surface area (Å²) in [6.45, 7) is 0.156. The number of primary amides is 1. The molecule has 2 amide bonds. The Hall–Kier alpha value is -3.52. The molecule has 3 heterocycles. The molecule has 0 bridgehead atoms. The summed E-state index contributed by atoms with van der Waals surface area (Å²) >= 11 is 1.33. The van der Waals surface area contributed by atoms with Crippen LogP contribution in [-0.4, -0.2) is 26.6 Å². The second-order valence-corrected chi connectivity index (χ2v) is 6.99. The molecule has 4 rings (SSSR count). The van der Waals surface area contributed by atoms with Gasteiger partial charge in [0.2, 0.25) is 5.91 Å². The van der Waals surface area contributed by atoms with Crippen LogP contribution in [0.3, 0.4) is 0 Å². The second-order valence-electron chi connectivity index (χ2n) is 5.90. The van der Waals surface area contributed by atoms with Gasteiger partial charge in [0.05, 0.1) is 9.58 Å². The maximum absolute atomic E-state index is 12.1. The third-order valence-electron chi connectivity index (χ3n) is 4.03. The summed E-state index contributed by atoms with van der Waals surface area (Å²) in [5.74, 6) is -0.600. The number of hydrogen-bond acceptors (Lipinski definition) is 5. The normalized spacial score (nSPS) is 10.8. The molecule has 1 aromatic carbocycles. The summed E-state index contributed by atoms with van der Waals surface area (Å²) in [5, 5.41) is 7.78. The highest BCUT2D eigenvalue weighted by atomic mass is 32.1. The monoisotopic (exact) mass is 377 g/mol. The molecule has 0 aliphatic rings. The van der Waals surface area contributed by atoms with Gasteiger partial charge >= 0.3 is 0 Å². The highest BCUT2D eigenvalue weighted by molar-refractivity contribution is 7.20. The van der Waals surface area contributed by atoms with Crippen LogP contribution in [-0.2, 0) is 11.3 Å². The van der Waals surface area contributed by atoms with Crippen molar-refractivity contribution >= 4 is 38.9 Å². The van der Waals surface area contributed by atoms with Crippen LogP contribution in [0.2, 0.25) is 0 Å². The highest BCUT2D eigenvalue weighted by Gasteiger charge is 2.12. The molecule has 0 fully saturated rings. The molecule has 0 unspecified atom stereocenters. The number of fused-ring (bicyclic) bond motifs is 1. The molecule has 4 aromatic rings. The van der Waals surface area contributed by atoms with E-state index in [1.54, 1.807) is 41.6 Å². The number of nitrogens with two attached hydrogens (primary N) is 1. The number of thiophene rings is 1. The standard InChI is InChI=1S/C19H15N5O2S/c20-19(26)16-8-14-15(9-21-10-17(14)27-16)12-2-4-13(5-3-12)23-18(25)11-24-7-1-6-22-24/h1-10H,11H2,(H2,20,26)(H,23,25). The van der Waals surface area contributed by atoms with E-state index in [4.69, 9.17) is 5.73 Å². The zero-order valence-electron chi connectivity index (χ0n) is 14.1. The summed E-state index contributed by atoms with van der Waals surface area (Å²) in [7, 11) is 0. The molecule has 27 heavy (non-hydrogen) atoms. The Balaban J connectivity index is 1.56. The first-order valence-electron chi connectivity index (χ1n) is 8.15. The lowest BCUT2D eigenvalue weighted by Gasteiger charge is -2.07. The van der Waals surface area contributed by atoms with Gasteiger partial charge in [-0.05, 0) is 29.8 Å². The number of carbonyl (C=O) groups is 2. The van der Waals surface area contributed by atoms with Gasteiger partial charge in [-0.3, -0.25) is 19.3 Å². The van der Waals surface area contributed by atoms with Crippen molar-refractivity contribution in [1.29, 1.82) is 0 Å². The Labute approximate surface area is 158 Å². The molecule has 8 heteroatoms. The van der Waals surface area contributed by atoms with E-state index in [-0.39, 0.29) is 12.5 Å². The van der Waals surface area contributed by atoms with Crippen molar-refractivity contribution in [2.45, 2.75) is 6.54 Å². The Morgan fingerprint density at radius 3 is 2.70 bits per heavy atom. The van der Waals surface area contributed by atoms with Crippen LogP contribution >= 0.6 is 11.3 Å². The van der Waals surface area contributed by atoms with Gasteiger partial charge in [-0.15, -0.1) is 11.3 Å². The maximum Gasteiger partial charge on any atom is 0.258 e. The lowest BCUT2D eigenvalue weighted by molar-refractivity contribution is -0.116. The summed E-state index contributed by atoms with van der Waals surface area (Å²) in [6.07, 6.45) is 6.84. The number of aromatic nitrogens is 3. The maximum atomic E-state index is 12.1. The fraction of sp³-hybridized carbons (Fsp3) is 0.0526. The number of amides is 2. The SMILES string of the molecule is NC(=O)c1cc2c(-c3ccc(NC(=O)Cn4cccn4)cc3)cncc2s1. The molecule has 0 saturated heterocycles. The minimum atomic E-state index is -0.447. The molecule has 7 nitrogen and oxygen atoms in total. The topological polar surface area (TPSA) is 103 Å². The summed E-state index contributed by atoms with van der Waals surface area (Å²) < 4.78 is 2.46. The van der Waals surface area contributed by atoms with Crippen LogP contribution < -0.4 is 11.1 Å². The second kappa shape index (κ2) is 7.00. The van der Waals surface area contributed by atoms with E-state index in [0.29, 0.717) is 10.6 Å². The molecular formula is C19H15N5O2S. The van der Waals surface area contributed by atoms with Crippen molar-refractivity contribution in [2.75, 3.05) is 5.32 Å². The van der Waals surface area contributed by atoms with Gasteiger partial charge in [0.25, 0.3) is 5.91 Å². The van der Waals surface area contributed by atoms with Gasteiger partial charge in [-0.2, -0.15) is 5.10 Å². The molecule has 134 valence electrons. The zero-order chi connectivity index (χ0) is 18.8. The minimum absolute atomic E-state index is 0.154. The Bertz CT molecular complexity index is 1120. The highest BCUT2D eigenvalue weighted by Crippen LogP contribution is 2.33. The zero-order valence-corrected chi connectivity index (χ0v) is 14.9. The first-order valence-corrected chi connectivity index (χ1v) is 8.97. The van der Waals surface area contributed by atoms with E-state index in [2.05, 4.69) is 15.4 Å². The van der Waals surface area contributed by atoms with Gasteiger partial charge in [-0.1, -0.05) is 12.1 Å². The van der Waals surface area contributed by atoms with Gasteiger partial charge in [-0.25, -0.2) is 0 Å². The predicted octanol–water partition coefficient (Wildman–Crippen LogP) is 2.90. The number of anilines is 1. The van der Waals surface area contributed by atoms with Crippen LogP contribution in [0, 0.1) is 0 Å². The van der Waals surface area contributed by atoms with Crippen LogP contribution in [0.1, 0.15) is 9.67 Å². The number of rotatable bonds is 5. The Kier molecular flexibility index (Phi) is 4.39. The van der Waals surface area contributed by atoms with Gasteiger partial charge in [0, 0.05) is 41.4 Å². The number of hydrogen-bond donors (Lipinski definition) is 2. The largest absolute Gasteiger partial charge is 0.365 e. The number of pyridine rings is 1. The molecule has 0 spiro atoms. The average molecular weight is 377 g/mol. The van der Waals surface area contributed by atoms with E-state index in [9.17, 15) is 9.59 Å². The van der Waals surface area contributed by atoms with E-state index in [0.717, 1.165) is 21.2 Å².